The van der Waals surface area contributed by atoms with Crippen LogP contribution in [0.3, 0.4) is 0 Å². The van der Waals surface area contributed by atoms with Gasteiger partial charge < -0.3 is 10.4 Å². The molecule has 4 heteroatoms. The maximum absolute atomic E-state index is 12.2. The molecule has 0 heterocycles. The van der Waals surface area contributed by atoms with Gasteiger partial charge in [-0.1, -0.05) is 6.07 Å². The number of nitrogens with zero attached hydrogens (tertiary/aromatic N) is 1. The third-order valence-electron chi connectivity index (χ3n) is 3.07. The zero-order valence-electron chi connectivity index (χ0n) is 11.3. The van der Waals surface area contributed by atoms with E-state index in [2.05, 4.69) is 5.32 Å². The van der Waals surface area contributed by atoms with Crippen molar-refractivity contribution in [1.82, 2.24) is 0 Å². The first-order valence-electron chi connectivity index (χ1n) is 6.13. The van der Waals surface area contributed by atoms with Gasteiger partial charge >= 0.3 is 0 Å². The summed E-state index contributed by atoms with van der Waals surface area (Å²) in [6.45, 7) is 3.62. The van der Waals surface area contributed by atoms with Crippen molar-refractivity contribution < 1.29 is 9.90 Å². The van der Waals surface area contributed by atoms with E-state index in [9.17, 15) is 9.90 Å². The second-order valence-corrected chi connectivity index (χ2v) is 4.59. The molecule has 20 heavy (non-hydrogen) atoms. The summed E-state index contributed by atoms with van der Waals surface area (Å²) in [6.07, 6.45) is 0. The Morgan fingerprint density at radius 3 is 2.55 bits per heavy atom. The first-order chi connectivity index (χ1) is 9.51. The van der Waals surface area contributed by atoms with Crippen LogP contribution in [0.5, 0.6) is 5.75 Å². The molecule has 1 amide bonds. The Kier molecular flexibility index (Phi) is 3.72. The summed E-state index contributed by atoms with van der Waals surface area (Å²) in [5, 5.41) is 21.0. The zero-order chi connectivity index (χ0) is 14.7. The van der Waals surface area contributed by atoms with Crippen LogP contribution in [0.15, 0.2) is 36.4 Å². The van der Waals surface area contributed by atoms with Crippen molar-refractivity contribution in [2.24, 2.45) is 0 Å². The maximum atomic E-state index is 12.2. The Morgan fingerprint density at radius 1 is 1.15 bits per heavy atom. The second-order valence-electron chi connectivity index (χ2n) is 4.59. The van der Waals surface area contributed by atoms with Gasteiger partial charge in [0.15, 0.2) is 0 Å². The molecule has 0 spiro atoms. The lowest BCUT2D eigenvalue weighted by molar-refractivity contribution is 0.102. The molecule has 0 aliphatic rings. The highest BCUT2D eigenvalue weighted by Gasteiger charge is 2.11. The third kappa shape index (κ3) is 2.78. The molecule has 0 aliphatic carbocycles. The molecule has 0 fully saturated rings. The molecule has 0 aliphatic heterocycles. The lowest BCUT2D eigenvalue weighted by atomic mass is 10.1. The van der Waals surface area contributed by atoms with E-state index in [4.69, 9.17) is 5.26 Å². The van der Waals surface area contributed by atoms with Crippen LogP contribution >= 0.6 is 0 Å². The summed E-state index contributed by atoms with van der Waals surface area (Å²) in [4.78, 5) is 12.2. The van der Waals surface area contributed by atoms with E-state index in [0.29, 0.717) is 22.4 Å². The molecule has 0 aromatic heterocycles. The number of carbonyl (C=O) groups excluding carboxylic acids is 1. The van der Waals surface area contributed by atoms with Crippen LogP contribution in [-0.4, -0.2) is 11.0 Å². The van der Waals surface area contributed by atoms with Gasteiger partial charge in [-0.05, 0) is 55.3 Å². The average Bonchev–Trinajstić information content (AvgIpc) is 2.41. The largest absolute Gasteiger partial charge is 0.508 e. The highest BCUT2D eigenvalue weighted by molar-refractivity contribution is 6.05. The highest BCUT2D eigenvalue weighted by atomic mass is 16.3. The lowest BCUT2D eigenvalue weighted by Gasteiger charge is -2.10. The van der Waals surface area contributed by atoms with E-state index in [-0.39, 0.29) is 11.7 Å². The van der Waals surface area contributed by atoms with Crippen LogP contribution in [0.25, 0.3) is 0 Å². The van der Waals surface area contributed by atoms with E-state index in [1.807, 2.05) is 13.0 Å². The van der Waals surface area contributed by atoms with E-state index in [1.165, 1.54) is 12.1 Å². The topological polar surface area (TPSA) is 73.1 Å². The average molecular weight is 266 g/mol. The van der Waals surface area contributed by atoms with Crippen molar-refractivity contribution in [1.29, 1.82) is 5.26 Å². The Bertz CT molecular complexity index is 715. The maximum Gasteiger partial charge on any atom is 0.255 e. The molecule has 2 aromatic rings. The SMILES string of the molecule is Cc1ccc(C#N)cc1NC(=O)c1ccc(O)cc1C. The first kappa shape index (κ1) is 13.6. The zero-order valence-corrected chi connectivity index (χ0v) is 11.3. The number of rotatable bonds is 2. The predicted octanol–water partition coefficient (Wildman–Crippen LogP) is 3.13. The number of phenolic OH excluding ortho intramolecular Hbond substituents is 1. The number of amides is 1. The summed E-state index contributed by atoms with van der Waals surface area (Å²) in [6, 6.07) is 11.8. The Hall–Kier alpha value is -2.80. The minimum atomic E-state index is -0.263. The van der Waals surface area contributed by atoms with Crippen molar-refractivity contribution in [2.75, 3.05) is 5.32 Å². The van der Waals surface area contributed by atoms with E-state index in [0.717, 1.165) is 5.56 Å². The number of hydrogen-bond acceptors (Lipinski definition) is 3. The van der Waals surface area contributed by atoms with Gasteiger partial charge in [0, 0.05) is 11.3 Å². The molecule has 0 bridgehead atoms. The van der Waals surface area contributed by atoms with Crippen LogP contribution in [0.4, 0.5) is 5.69 Å². The van der Waals surface area contributed by atoms with E-state index < -0.39 is 0 Å². The number of carbonyl (C=O) groups is 1. The molecule has 2 aromatic carbocycles. The van der Waals surface area contributed by atoms with Crippen LogP contribution < -0.4 is 5.32 Å². The molecule has 100 valence electrons. The van der Waals surface area contributed by atoms with Crippen LogP contribution in [0, 0.1) is 25.2 Å². The van der Waals surface area contributed by atoms with Gasteiger partial charge in [-0.2, -0.15) is 5.26 Å². The molecule has 0 radical (unpaired) electrons. The van der Waals surface area contributed by atoms with Crippen LogP contribution in [0.2, 0.25) is 0 Å². The summed E-state index contributed by atoms with van der Waals surface area (Å²) in [5.41, 5.74) is 3.17. The third-order valence-corrected chi connectivity index (χ3v) is 3.07. The number of anilines is 1. The molecule has 2 N–H and O–H groups in total. The van der Waals surface area contributed by atoms with E-state index >= 15 is 0 Å². The highest BCUT2D eigenvalue weighted by Crippen LogP contribution is 2.20. The number of nitrogens with one attached hydrogen (secondary N) is 1. The fourth-order valence-electron chi connectivity index (χ4n) is 1.92. The number of hydrogen-bond donors (Lipinski definition) is 2. The monoisotopic (exact) mass is 266 g/mol. The normalized spacial score (nSPS) is 9.85. The number of benzene rings is 2. The lowest BCUT2D eigenvalue weighted by Crippen LogP contribution is -2.14. The Balaban J connectivity index is 2.30. The first-order valence-corrected chi connectivity index (χ1v) is 6.13. The molecular formula is C16H14N2O2. The summed E-state index contributed by atoms with van der Waals surface area (Å²) in [7, 11) is 0. The second kappa shape index (κ2) is 5.45. The van der Waals surface area contributed by atoms with Crippen molar-refractivity contribution >= 4 is 11.6 Å². The molecule has 2 rings (SSSR count). The van der Waals surface area contributed by atoms with Gasteiger partial charge in [0.25, 0.3) is 5.91 Å². The fourth-order valence-corrected chi connectivity index (χ4v) is 1.92. The summed E-state index contributed by atoms with van der Waals surface area (Å²) in [5.74, 6) is -0.137. The van der Waals surface area contributed by atoms with Gasteiger partial charge in [0.05, 0.1) is 11.6 Å². The summed E-state index contributed by atoms with van der Waals surface area (Å²) < 4.78 is 0. The Labute approximate surface area is 117 Å². The van der Waals surface area contributed by atoms with E-state index in [1.54, 1.807) is 31.2 Å². The minimum Gasteiger partial charge on any atom is -0.508 e. The number of nitriles is 1. The summed E-state index contributed by atoms with van der Waals surface area (Å²) >= 11 is 0. The smallest absolute Gasteiger partial charge is 0.255 e. The van der Waals surface area contributed by atoms with Gasteiger partial charge in [-0.15, -0.1) is 0 Å². The van der Waals surface area contributed by atoms with Crippen LogP contribution in [-0.2, 0) is 0 Å². The predicted molar refractivity (Wildman–Crippen MR) is 76.7 cm³/mol. The van der Waals surface area contributed by atoms with Crippen LogP contribution in [0.1, 0.15) is 27.0 Å². The molecule has 0 saturated heterocycles. The molecule has 4 nitrogen and oxygen atoms in total. The standard InChI is InChI=1S/C16H14N2O2/c1-10-3-4-12(9-17)8-15(10)18-16(20)14-6-5-13(19)7-11(14)2/h3-8,19H,1-2H3,(H,18,20). The van der Waals surface area contributed by atoms with Gasteiger partial charge in [0.1, 0.15) is 5.75 Å². The van der Waals surface area contributed by atoms with Crippen molar-refractivity contribution in [2.45, 2.75) is 13.8 Å². The van der Waals surface area contributed by atoms with Crippen molar-refractivity contribution in [3.05, 3.63) is 58.7 Å². The quantitative estimate of drug-likeness (QED) is 0.877. The molecule has 0 saturated carbocycles. The van der Waals surface area contributed by atoms with Crippen molar-refractivity contribution in [3.8, 4) is 11.8 Å². The molecular weight excluding hydrogens is 252 g/mol. The fraction of sp³-hybridized carbons (Fsp3) is 0.125. The molecule has 0 unspecified atom stereocenters. The van der Waals surface area contributed by atoms with Gasteiger partial charge in [-0.3, -0.25) is 4.79 Å². The molecule has 0 atom stereocenters. The van der Waals surface area contributed by atoms with Gasteiger partial charge in [-0.25, -0.2) is 0 Å². The Morgan fingerprint density at radius 2 is 1.90 bits per heavy atom. The number of aryl methyl sites for hydroxylation is 2. The number of phenols is 1. The van der Waals surface area contributed by atoms with Crippen molar-refractivity contribution in [3.63, 3.8) is 0 Å². The minimum absolute atomic E-state index is 0.127. The number of aromatic hydroxyl groups is 1. The van der Waals surface area contributed by atoms with Gasteiger partial charge in [0.2, 0.25) is 0 Å².